The summed E-state index contributed by atoms with van der Waals surface area (Å²) in [6.45, 7) is 2.83. The minimum Gasteiger partial charge on any atom is -0.364 e. The summed E-state index contributed by atoms with van der Waals surface area (Å²) in [6, 6.07) is 13.2. The fraction of sp³-hybridized carbons (Fsp3) is 0.548. The van der Waals surface area contributed by atoms with Crippen molar-refractivity contribution < 1.29 is 9.90 Å². The molecule has 1 amide bonds. The molecule has 0 bridgehead atoms. The Morgan fingerprint density at radius 1 is 0.838 bits per heavy atom. The number of carbonyl (C=O) groups excluding carboxylic acids is 1. The van der Waals surface area contributed by atoms with Gasteiger partial charge < -0.3 is 10.0 Å². The second-order valence-corrected chi connectivity index (χ2v) is 11.4. The first-order valence-corrected chi connectivity index (χ1v) is 15.3. The number of rotatable bonds is 16. The number of nitrogens with zero attached hydrogens (tertiary/aromatic N) is 2. The van der Waals surface area contributed by atoms with Crippen molar-refractivity contribution in [2.75, 3.05) is 11.4 Å². The highest BCUT2D eigenvalue weighted by Gasteiger charge is 2.31. The largest absolute Gasteiger partial charge is 0.364 e. The standard InChI is InChI=1S/C31H42BrClN2O2/c1-2-3-4-5-6-7-8-9-10-11-12-13-14-17-22-35-28-21-20-24(32)23-26(28)29(34-30(36)31(35)37)25-18-15-16-19-27(25)33/h15-16,18-21,23,30,36H,2-14,17,22H2,1H3. The number of hydrogen-bond acceptors (Lipinski definition) is 3. The number of aliphatic imine (C=N–C) groups is 1. The molecule has 1 heterocycles. The predicted octanol–water partition coefficient (Wildman–Crippen LogP) is 9.09. The third kappa shape index (κ3) is 9.23. The molecule has 2 aromatic rings. The molecule has 6 heteroatoms. The Hall–Kier alpha value is -1.69. The maximum absolute atomic E-state index is 13.1. The van der Waals surface area contributed by atoms with Crippen LogP contribution in [0.2, 0.25) is 5.02 Å². The van der Waals surface area contributed by atoms with Gasteiger partial charge in [0, 0.05) is 27.2 Å². The van der Waals surface area contributed by atoms with Crippen molar-refractivity contribution in [1.82, 2.24) is 0 Å². The first-order chi connectivity index (χ1) is 18.0. The molecule has 0 aliphatic carbocycles. The van der Waals surface area contributed by atoms with E-state index < -0.39 is 6.23 Å². The Labute approximate surface area is 236 Å². The zero-order valence-corrected chi connectivity index (χ0v) is 24.6. The molecule has 202 valence electrons. The molecule has 1 aliphatic heterocycles. The van der Waals surface area contributed by atoms with Crippen molar-refractivity contribution in [2.45, 2.75) is 103 Å². The summed E-state index contributed by atoms with van der Waals surface area (Å²) in [5.41, 5.74) is 2.79. The molecule has 1 aliphatic rings. The van der Waals surface area contributed by atoms with Crippen molar-refractivity contribution in [3.05, 3.63) is 63.1 Å². The van der Waals surface area contributed by atoms with Crippen molar-refractivity contribution in [3.8, 4) is 0 Å². The lowest BCUT2D eigenvalue weighted by atomic mass is 10.00. The number of carbonyl (C=O) groups is 1. The molecule has 1 N–H and O–H groups in total. The van der Waals surface area contributed by atoms with Gasteiger partial charge in [0.2, 0.25) is 6.23 Å². The number of fused-ring (bicyclic) bond motifs is 1. The first kappa shape index (κ1) is 29.9. The number of benzene rings is 2. The number of halogens is 2. The second-order valence-electron chi connectivity index (χ2n) is 10.1. The van der Waals surface area contributed by atoms with E-state index >= 15 is 0 Å². The Kier molecular flexibility index (Phi) is 13.2. The molecular weight excluding hydrogens is 548 g/mol. The van der Waals surface area contributed by atoms with E-state index in [1.807, 2.05) is 36.4 Å². The van der Waals surface area contributed by atoms with E-state index in [0.29, 0.717) is 22.8 Å². The van der Waals surface area contributed by atoms with Gasteiger partial charge in [-0.05, 0) is 30.7 Å². The summed E-state index contributed by atoms with van der Waals surface area (Å²) >= 11 is 10.0. The smallest absolute Gasteiger partial charge is 0.278 e. The third-order valence-corrected chi connectivity index (χ3v) is 7.93. The van der Waals surface area contributed by atoms with E-state index in [9.17, 15) is 9.90 Å². The first-order valence-electron chi connectivity index (χ1n) is 14.1. The number of benzodiazepines with no additional fused rings is 1. The summed E-state index contributed by atoms with van der Waals surface area (Å²) in [5.74, 6) is -0.389. The van der Waals surface area contributed by atoms with Gasteiger partial charge in [-0.1, -0.05) is 136 Å². The van der Waals surface area contributed by atoms with Gasteiger partial charge in [0.25, 0.3) is 5.91 Å². The molecule has 1 unspecified atom stereocenters. The average molecular weight is 590 g/mol. The average Bonchev–Trinajstić information content (AvgIpc) is 2.99. The normalized spacial score (nSPS) is 15.5. The highest BCUT2D eigenvalue weighted by molar-refractivity contribution is 9.10. The molecule has 4 nitrogen and oxygen atoms in total. The Bertz CT molecular complexity index is 1030. The van der Waals surface area contributed by atoms with Gasteiger partial charge in [0.15, 0.2) is 0 Å². The van der Waals surface area contributed by atoms with Crippen LogP contribution < -0.4 is 4.90 Å². The topological polar surface area (TPSA) is 52.9 Å². The van der Waals surface area contributed by atoms with E-state index in [-0.39, 0.29) is 5.91 Å². The number of aliphatic hydroxyl groups excluding tert-OH is 1. The molecule has 37 heavy (non-hydrogen) atoms. The molecule has 1 atom stereocenters. The molecule has 0 aromatic heterocycles. The van der Waals surface area contributed by atoms with Crippen LogP contribution in [0.5, 0.6) is 0 Å². The van der Waals surface area contributed by atoms with Gasteiger partial charge in [0.05, 0.1) is 11.4 Å². The molecule has 2 aromatic carbocycles. The second kappa shape index (κ2) is 16.3. The Morgan fingerprint density at radius 2 is 1.41 bits per heavy atom. The number of aliphatic hydroxyl groups is 1. The molecule has 0 saturated carbocycles. The summed E-state index contributed by atoms with van der Waals surface area (Å²) < 4.78 is 0.881. The lowest BCUT2D eigenvalue weighted by molar-refractivity contribution is -0.126. The number of hydrogen-bond donors (Lipinski definition) is 1. The predicted molar refractivity (Wildman–Crippen MR) is 160 cm³/mol. The van der Waals surface area contributed by atoms with Crippen molar-refractivity contribution in [3.63, 3.8) is 0 Å². The fourth-order valence-electron chi connectivity index (χ4n) is 5.00. The van der Waals surface area contributed by atoms with Gasteiger partial charge in [-0.2, -0.15) is 0 Å². The van der Waals surface area contributed by atoms with Crippen LogP contribution >= 0.6 is 27.5 Å². The summed E-state index contributed by atoms with van der Waals surface area (Å²) in [6.07, 6.45) is 16.6. The molecule has 0 radical (unpaired) electrons. The highest BCUT2D eigenvalue weighted by Crippen LogP contribution is 2.33. The van der Waals surface area contributed by atoms with E-state index in [2.05, 4.69) is 27.8 Å². The van der Waals surface area contributed by atoms with Crippen LogP contribution in [0.1, 0.15) is 108 Å². The number of amides is 1. The summed E-state index contributed by atoms with van der Waals surface area (Å²) in [4.78, 5) is 19.3. The number of unbranched alkanes of at least 4 members (excludes halogenated alkanes) is 13. The minimum absolute atomic E-state index is 0.389. The molecule has 3 rings (SSSR count). The molecule has 0 spiro atoms. The molecule has 0 fully saturated rings. The SMILES string of the molecule is CCCCCCCCCCCCCCCCN1C(=O)C(O)N=C(c2ccccc2Cl)c2cc(Br)ccc21. The van der Waals surface area contributed by atoms with Gasteiger partial charge in [-0.15, -0.1) is 0 Å². The zero-order chi connectivity index (χ0) is 26.5. The van der Waals surface area contributed by atoms with Gasteiger partial charge in [0.1, 0.15) is 0 Å². The van der Waals surface area contributed by atoms with Crippen LogP contribution in [0.3, 0.4) is 0 Å². The van der Waals surface area contributed by atoms with Crippen LogP contribution in [0, 0.1) is 0 Å². The monoisotopic (exact) mass is 588 g/mol. The molecular formula is C31H42BrClN2O2. The van der Waals surface area contributed by atoms with Crippen LogP contribution in [0.4, 0.5) is 5.69 Å². The fourth-order valence-corrected chi connectivity index (χ4v) is 5.59. The van der Waals surface area contributed by atoms with E-state index in [4.69, 9.17) is 11.6 Å². The van der Waals surface area contributed by atoms with Crippen molar-refractivity contribution in [1.29, 1.82) is 0 Å². The minimum atomic E-state index is -1.45. The lowest BCUT2D eigenvalue weighted by Crippen LogP contribution is -2.38. The lowest BCUT2D eigenvalue weighted by Gasteiger charge is -2.24. The van der Waals surface area contributed by atoms with E-state index in [1.165, 1.54) is 77.0 Å². The van der Waals surface area contributed by atoms with Gasteiger partial charge >= 0.3 is 0 Å². The highest BCUT2D eigenvalue weighted by atomic mass is 79.9. The van der Waals surface area contributed by atoms with Crippen LogP contribution in [0.15, 0.2) is 51.9 Å². The number of anilines is 1. The quantitative estimate of drug-likeness (QED) is 0.199. The van der Waals surface area contributed by atoms with Crippen LogP contribution in [0.25, 0.3) is 0 Å². The summed E-state index contributed by atoms with van der Waals surface area (Å²) in [7, 11) is 0. The Morgan fingerprint density at radius 3 is 2.00 bits per heavy atom. The van der Waals surface area contributed by atoms with Crippen LogP contribution in [-0.2, 0) is 4.79 Å². The Balaban J connectivity index is 1.48. The van der Waals surface area contributed by atoms with E-state index in [0.717, 1.165) is 28.6 Å². The summed E-state index contributed by atoms with van der Waals surface area (Å²) in [5, 5.41) is 11.2. The van der Waals surface area contributed by atoms with Gasteiger partial charge in [-0.3, -0.25) is 4.79 Å². The van der Waals surface area contributed by atoms with E-state index in [1.54, 1.807) is 11.0 Å². The third-order valence-electron chi connectivity index (χ3n) is 7.11. The zero-order valence-electron chi connectivity index (χ0n) is 22.2. The van der Waals surface area contributed by atoms with Crippen molar-refractivity contribution >= 4 is 44.8 Å². The molecule has 0 saturated heterocycles. The maximum atomic E-state index is 13.1. The maximum Gasteiger partial charge on any atom is 0.278 e. The van der Waals surface area contributed by atoms with Gasteiger partial charge in [-0.25, -0.2) is 4.99 Å². The van der Waals surface area contributed by atoms with Crippen molar-refractivity contribution in [2.24, 2.45) is 4.99 Å². The van der Waals surface area contributed by atoms with Crippen LogP contribution in [-0.4, -0.2) is 29.5 Å².